The molecule has 1 aliphatic heterocycles. The molecule has 0 bridgehead atoms. The molecule has 0 saturated carbocycles. The summed E-state index contributed by atoms with van der Waals surface area (Å²) in [6.07, 6.45) is 1.65. The molecule has 1 fully saturated rings. The lowest BCUT2D eigenvalue weighted by Gasteiger charge is -2.31. The molecule has 6 nitrogen and oxygen atoms in total. The Labute approximate surface area is 124 Å². The van der Waals surface area contributed by atoms with E-state index < -0.39 is 10.0 Å². The molecule has 1 saturated heterocycles. The topological polar surface area (TPSA) is 89.7 Å². The first-order chi connectivity index (χ1) is 9.82. The fourth-order valence-electron chi connectivity index (χ4n) is 2.52. The van der Waals surface area contributed by atoms with Gasteiger partial charge in [0.2, 0.25) is 10.0 Å². The van der Waals surface area contributed by atoms with Crippen LogP contribution in [0.3, 0.4) is 0 Å². The average molecular weight is 312 g/mol. The summed E-state index contributed by atoms with van der Waals surface area (Å²) >= 11 is 0. The summed E-state index contributed by atoms with van der Waals surface area (Å²) in [5.41, 5.74) is 0.964. The molecular weight excluding hydrogens is 292 g/mol. The third-order valence-electron chi connectivity index (χ3n) is 3.73. The van der Waals surface area contributed by atoms with Crippen LogP contribution < -0.4 is 5.14 Å². The second-order valence-electron chi connectivity index (χ2n) is 5.27. The molecule has 7 heteroatoms. The third kappa shape index (κ3) is 3.61. The minimum atomic E-state index is -3.92. The van der Waals surface area contributed by atoms with Crippen molar-refractivity contribution in [2.24, 2.45) is 5.14 Å². The van der Waals surface area contributed by atoms with Gasteiger partial charge in [0.05, 0.1) is 16.6 Å². The number of nitrogens with two attached hydrogens (primary N) is 1. The van der Waals surface area contributed by atoms with E-state index in [0.29, 0.717) is 13.1 Å². The Hall–Kier alpha value is -1.44. The number of hydrogen-bond donors (Lipinski definition) is 1. The Balaban J connectivity index is 2.29. The van der Waals surface area contributed by atoms with Crippen LogP contribution in [0.15, 0.2) is 23.1 Å². The van der Waals surface area contributed by atoms with Crippen molar-refractivity contribution < 1.29 is 17.9 Å². The highest BCUT2D eigenvalue weighted by atomic mass is 32.2. The van der Waals surface area contributed by atoms with E-state index in [1.165, 1.54) is 6.07 Å². The molecule has 0 atom stereocenters. The summed E-state index contributed by atoms with van der Waals surface area (Å²) in [6, 6.07) is 4.60. The molecule has 2 N–H and O–H groups in total. The summed E-state index contributed by atoms with van der Waals surface area (Å²) in [7, 11) is -2.27. The van der Waals surface area contributed by atoms with Gasteiger partial charge in [-0.15, -0.1) is 0 Å². The van der Waals surface area contributed by atoms with Crippen LogP contribution in [0.5, 0.6) is 0 Å². The second kappa shape index (κ2) is 6.13. The van der Waals surface area contributed by atoms with E-state index in [9.17, 15) is 13.2 Å². The number of benzene rings is 1. The van der Waals surface area contributed by atoms with Crippen molar-refractivity contribution in [1.29, 1.82) is 0 Å². The van der Waals surface area contributed by atoms with E-state index in [1.54, 1.807) is 31.1 Å². The van der Waals surface area contributed by atoms with Crippen LogP contribution in [0.25, 0.3) is 0 Å². The number of sulfonamides is 1. The van der Waals surface area contributed by atoms with Crippen molar-refractivity contribution in [3.05, 3.63) is 29.3 Å². The number of carbonyl (C=O) groups is 1. The first-order valence-corrected chi connectivity index (χ1v) is 8.33. The Morgan fingerprint density at radius 1 is 1.33 bits per heavy atom. The van der Waals surface area contributed by atoms with Gasteiger partial charge in [0.25, 0.3) is 5.91 Å². The van der Waals surface area contributed by atoms with Gasteiger partial charge in [-0.3, -0.25) is 4.79 Å². The summed E-state index contributed by atoms with van der Waals surface area (Å²) in [5.74, 6) is -0.294. The SMILES string of the molecule is COC1CCN(C(=O)c2cc(C)ccc2S(N)(=O)=O)CC1. The Bertz CT molecular complexity index is 634. The molecule has 1 aromatic carbocycles. The summed E-state index contributed by atoms with van der Waals surface area (Å²) in [4.78, 5) is 14.1. The molecule has 0 unspecified atom stereocenters. The van der Waals surface area contributed by atoms with Crippen LogP contribution in [0.2, 0.25) is 0 Å². The number of methoxy groups -OCH3 is 1. The van der Waals surface area contributed by atoms with Crippen molar-refractivity contribution in [2.75, 3.05) is 20.2 Å². The second-order valence-corrected chi connectivity index (χ2v) is 6.80. The molecule has 116 valence electrons. The summed E-state index contributed by atoms with van der Waals surface area (Å²) < 4.78 is 28.5. The van der Waals surface area contributed by atoms with Crippen molar-refractivity contribution in [1.82, 2.24) is 4.90 Å². The van der Waals surface area contributed by atoms with E-state index in [2.05, 4.69) is 0 Å². The van der Waals surface area contributed by atoms with Crippen LogP contribution >= 0.6 is 0 Å². The molecule has 0 radical (unpaired) electrons. The molecule has 1 aliphatic rings. The minimum Gasteiger partial charge on any atom is -0.381 e. The largest absolute Gasteiger partial charge is 0.381 e. The lowest BCUT2D eigenvalue weighted by molar-refractivity contribution is 0.0348. The zero-order chi connectivity index (χ0) is 15.6. The maximum Gasteiger partial charge on any atom is 0.255 e. The monoisotopic (exact) mass is 312 g/mol. The number of likely N-dealkylation sites (tertiary alicyclic amines) is 1. The molecule has 21 heavy (non-hydrogen) atoms. The van der Waals surface area contributed by atoms with Gasteiger partial charge in [-0.05, 0) is 31.9 Å². The highest BCUT2D eigenvalue weighted by Gasteiger charge is 2.27. The maximum absolute atomic E-state index is 12.6. The van der Waals surface area contributed by atoms with Gasteiger partial charge in [-0.25, -0.2) is 13.6 Å². The number of aryl methyl sites for hydroxylation is 1. The molecule has 1 amide bonds. The number of rotatable bonds is 3. The molecule has 0 aliphatic carbocycles. The smallest absolute Gasteiger partial charge is 0.255 e. The number of primary sulfonamides is 1. The van der Waals surface area contributed by atoms with E-state index in [-0.39, 0.29) is 22.5 Å². The van der Waals surface area contributed by atoms with Gasteiger partial charge in [0, 0.05) is 20.2 Å². The van der Waals surface area contributed by atoms with Gasteiger partial charge >= 0.3 is 0 Å². The lowest BCUT2D eigenvalue weighted by Crippen LogP contribution is -2.41. The van der Waals surface area contributed by atoms with Crippen LogP contribution in [0, 0.1) is 6.92 Å². The summed E-state index contributed by atoms with van der Waals surface area (Å²) in [6.45, 7) is 2.91. The Morgan fingerprint density at radius 2 is 1.95 bits per heavy atom. The summed E-state index contributed by atoms with van der Waals surface area (Å²) in [5, 5.41) is 5.20. The number of nitrogens with zero attached hydrogens (tertiary/aromatic N) is 1. The number of amides is 1. The average Bonchev–Trinajstić information content (AvgIpc) is 2.45. The molecule has 1 aromatic rings. The van der Waals surface area contributed by atoms with Gasteiger partial charge in [-0.2, -0.15) is 0 Å². The molecule has 0 spiro atoms. The Morgan fingerprint density at radius 3 is 2.48 bits per heavy atom. The molecule has 1 heterocycles. The number of piperidine rings is 1. The minimum absolute atomic E-state index is 0.119. The van der Waals surface area contributed by atoms with E-state index in [1.807, 2.05) is 0 Å². The number of hydrogen-bond acceptors (Lipinski definition) is 4. The van der Waals surface area contributed by atoms with Crippen molar-refractivity contribution >= 4 is 15.9 Å². The van der Waals surface area contributed by atoms with Crippen molar-refractivity contribution in [3.63, 3.8) is 0 Å². The Kier molecular flexibility index (Phi) is 4.65. The molecular formula is C14H20N2O4S. The van der Waals surface area contributed by atoms with Gasteiger partial charge < -0.3 is 9.64 Å². The van der Waals surface area contributed by atoms with Crippen LogP contribution in [0.4, 0.5) is 0 Å². The van der Waals surface area contributed by atoms with E-state index in [0.717, 1.165) is 18.4 Å². The fraction of sp³-hybridized carbons (Fsp3) is 0.500. The van der Waals surface area contributed by atoms with E-state index in [4.69, 9.17) is 9.88 Å². The normalized spacial score (nSPS) is 17.0. The van der Waals surface area contributed by atoms with Gasteiger partial charge in [0.15, 0.2) is 0 Å². The number of ether oxygens (including phenoxy) is 1. The van der Waals surface area contributed by atoms with Crippen LogP contribution in [-0.4, -0.2) is 45.5 Å². The van der Waals surface area contributed by atoms with Crippen LogP contribution in [0.1, 0.15) is 28.8 Å². The predicted molar refractivity (Wildman–Crippen MR) is 78.5 cm³/mol. The zero-order valence-corrected chi connectivity index (χ0v) is 13.0. The number of carbonyl (C=O) groups excluding carboxylic acids is 1. The van der Waals surface area contributed by atoms with Crippen molar-refractivity contribution in [3.8, 4) is 0 Å². The zero-order valence-electron chi connectivity index (χ0n) is 12.2. The first-order valence-electron chi connectivity index (χ1n) is 6.78. The van der Waals surface area contributed by atoms with Gasteiger partial charge in [0.1, 0.15) is 0 Å². The third-order valence-corrected chi connectivity index (χ3v) is 4.70. The van der Waals surface area contributed by atoms with Gasteiger partial charge in [-0.1, -0.05) is 11.6 Å². The van der Waals surface area contributed by atoms with Crippen molar-refractivity contribution in [2.45, 2.75) is 30.8 Å². The maximum atomic E-state index is 12.6. The highest BCUT2D eigenvalue weighted by molar-refractivity contribution is 7.89. The predicted octanol–water partition coefficient (Wildman–Crippen LogP) is 0.893. The van der Waals surface area contributed by atoms with Crippen LogP contribution in [-0.2, 0) is 14.8 Å². The lowest BCUT2D eigenvalue weighted by atomic mass is 10.1. The fourth-order valence-corrected chi connectivity index (χ4v) is 3.23. The highest BCUT2D eigenvalue weighted by Crippen LogP contribution is 2.21. The molecule has 2 rings (SSSR count). The van der Waals surface area contributed by atoms with E-state index >= 15 is 0 Å². The standard InChI is InChI=1S/C14H20N2O4S/c1-10-3-4-13(21(15,18)19)12(9-10)14(17)16-7-5-11(20-2)6-8-16/h3-4,9,11H,5-8H2,1-2H3,(H2,15,18,19). The quantitative estimate of drug-likeness (QED) is 0.897. The molecule has 0 aromatic heterocycles. The first kappa shape index (κ1) is 15.9.